The average molecular weight is 446 g/mol. The van der Waals surface area contributed by atoms with E-state index in [0.717, 1.165) is 50.6 Å². The van der Waals surface area contributed by atoms with Crippen molar-refractivity contribution in [1.29, 1.82) is 0 Å². The maximum atomic E-state index is 13.4. The van der Waals surface area contributed by atoms with Crippen LogP contribution in [0.25, 0.3) is 10.2 Å². The van der Waals surface area contributed by atoms with Gasteiger partial charge in [-0.05, 0) is 49.8 Å². The van der Waals surface area contributed by atoms with Crippen LogP contribution in [0.4, 0.5) is 5.13 Å². The van der Waals surface area contributed by atoms with E-state index in [0.29, 0.717) is 6.54 Å². The largest absolute Gasteiger partial charge is 0.302 e. The van der Waals surface area contributed by atoms with Crippen molar-refractivity contribution >= 4 is 48.5 Å². The van der Waals surface area contributed by atoms with Gasteiger partial charge in [0.05, 0.1) is 10.2 Å². The average Bonchev–Trinajstić information content (AvgIpc) is 3.08. The Balaban J connectivity index is 1.97. The quantitative estimate of drug-likeness (QED) is 0.491. The lowest BCUT2D eigenvalue weighted by Gasteiger charge is -2.25. The summed E-state index contributed by atoms with van der Waals surface area (Å²) in [5.74, 6) is 0.0124. The molecule has 1 amide bonds. The van der Waals surface area contributed by atoms with Crippen molar-refractivity contribution in [2.24, 2.45) is 0 Å². The third-order valence-corrected chi connectivity index (χ3v) is 6.26. The van der Waals surface area contributed by atoms with Gasteiger partial charge in [-0.15, -0.1) is 0 Å². The topological polar surface area (TPSA) is 36.4 Å². The molecule has 3 aromatic rings. The highest BCUT2D eigenvalue weighted by Gasteiger charge is 2.23. The van der Waals surface area contributed by atoms with Crippen LogP contribution in [0, 0.1) is 6.92 Å². The molecule has 0 spiro atoms. The van der Waals surface area contributed by atoms with Crippen molar-refractivity contribution in [2.75, 3.05) is 31.1 Å². The van der Waals surface area contributed by atoms with Gasteiger partial charge in [-0.3, -0.25) is 9.69 Å². The van der Waals surface area contributed by atoms with Gasteiger partial charge in [0.25, 0.3) is 5.91 Å². The first-order valence-electron chi connectivity index (χ1n) is 9.19. The predicted octanol–water partition coefficient (Wildman–Crippen LogP) is 5.36. The van der Waals surface area contributed by atoms with Gasteiger partial charge in [-0.1, -0.05) is 59.3 Å². The lowest BCUT2D eigenvalue weighted by Crippen LogP contribution is -2.39. The zero-order valence-electron chi connectivity index (χ0n) is 15.9. The van der Waals surface area contributed by atoms with E-state index >= 15 is 0 Å². The van der Waals surface area contributed by atoms with Crippen LogP contribution in [0.3, 0.4) is 0 Å². The van der Waals surface area contributed by atoms with Gasteiger partial charge < -0.3 is 4.90 Å². The van der Waals surface area contributed by atoms with E-state index in [1.54, 1.807) is 11.3 Å². The normalized spacial score (nSPS) is 11.3. The number of halogens is 1. The standard InChI is InChI=1S/C21H24BrN3OS/c1-4-24(5-2)12-13-25(20(26)17-9-7-6-8-15(17)3)21-23-18-11-10-16(22)14-19(18)27-21/h6-11,14H,4-5,12-13H2,1-3H3. The van der Waals surface area contributed by atoms with E-state index < -0.39 is 0 Å². The Labute approximate surface area is 172 Å². The van der Waals surface area contributed by atoms with Crippen LogP contribution in [-0.4, -0.2) is 42.0 Å². The van der Waals surface area contributed by atoms with Gasteiger partial charge in [0.2, 0.25) is 0 Å². The number of thiazole rings is 1. The number of likely N-dealkylation sites (N-methyl/N-ethyl adjacent to an activating group) is 1. The van der Waals surface area contributed by atoms with Crippen molar-refractivity contribution < 1.29 is 4.79 Å². The molecule has 0 bridgehead atoms. The highest BCUT2D eigenvalue weighted by molar-refractivity contribution is 9.10. The molecule has 0 saturated heterocycles. The molecular formula is C21H24BrN3OS. The van der Waals surface area contributed by atoms with Crippen molar-refractivity contribution in [2.45, 2.75) is 20.8 Å². The van der Waals surface area contributed by atoms with E-state index in [1.165, 1.54) is 0 Å². The number of fused-ring (bicyclic) bond motifs is 1. The number of benzene rings is 2. The van der Waals surface area contributed by atoms with E-state index in [2.05, 4.69) is 40.7 Å². The van der Waals surface area contributed by atoms with Crippen molar-refractivity contribution in [3.05, 3.63) is 58.1 Å². The van der Waals surface area contributed by atoms with Crippen LogP contribution in [0.1, 0.15) is 29.8 Å². The molecule has 0 N–H and O–H groups in total. The number of hydrogen-bond donors (Lipinski definition) is 0. The van der Waals surface area contributed by atoms with E-state index in [-0.39, 0.29) is 5.91 Å². The van der Waals surface area contributed by atoms with Crippen LogP contribution in [-0.2, 0) is 0 Å². The molecule has 0 fully saturated rings. The Kier molecular flexibility index (Phi) is 6.63. The van der Waals surface area contributed by atoms with E-state index in [1.807, 2.05) is 48.2 Å². The third kappa shape index (κ3) is 4.57. The molecule has 0 unspecified atom stereocenters. The first-order chi connectivity index (χ1) is 13.0. The lowest BCUT2D eigenvalue weighted by molar-refractivity contribution is 0.0983. The zero-order chi connectivity index (χ0) is 19.4. The first-order valence-corrected chi connectivity index (χ1v) is 10.8. The Morgan fingerprint density at radius 3 is 2.56 bits per heavy atom. The predicted molar refractivity (Wildman–Crippen MR) is 118 cm³/mol. The number of amides is 1. The summed E-state index contributed by atoms with van der Waals surface area (Å²) in [6, 6.07) is 13.8. The molecule has 142 valence electrons. The molecule has 0 aliphatic heterocycles. The molecule has 0 radical (unpaired) electrons. The second kappa shape index (κ2) is 8.95. The number of carbonyl (C=O) groups excluding carboxylic acids is 1. The van der Waals surface area contributed by atoms with Crippen molar-refractivity contribution in [3.8, 4) is 0 Å². The minimum atomic E-state index is 0.0124. The SMILES string of the molecule is CCN(CC)CCN(C(=O)c1ccccc1C)c1nc2ccc(Br)cc2s1. The summed E-state index contributed by atoms with van der Waals surface area (Å²) in [5.41, 5.74) is 2.64. The first kappa shape index (κ1) is 20.0. The van der Waals surface area contributed by atoms with Crippen LogP contribution in [0.2, 0.25) is 0 Å². The number of rotatable bonds is 7. The van der Waals surface area contributed by atoms with Crippen LogP contribution >= 0.6 is 27.3 Å². The third-order valence-electron chi connectivity index (χ3n) is 4.72. The molecule has 2 aromatic carbocycles. The minimum absolute atomic E-state index is 0.0124. The molecule has 0 atom stereocenters. The van der Waals surface area contributed by atoms with Gasteiger partial charge in [-0.2, -0.15) is 0 Å². The van der Waals surface area contributed by atoms with Gasteiger partial charge in [0.15, 0.2) is 5.13 Å². The second-order valence-electron chi connectivity index (χ2n) is 6.41. The molecule has 0 saturated carbocycles. The number of hydrogen-bond acceptors (Lipinski definition) is 4. The summed E-state index contributed by atoms with van der Waals surface area (Å²) in [7, 11) is 0. The summed E-state index contributed by atoms with van der Waals surface area (Å²) in [4.78, 5) is 22.3. The molecule has 0 aliphatic carbocycles. The fourth-order valence-electron chi connectivity index (χ4n) is 3.03. The molecule has 27 heavy (non-hydrogen) atoms. The monoisotopic (exact) mass is 445 g/mol. The second-order valence-corrected chi connectivity index (χ2v) is 8.33. The number of aryl methyl sites for hydroxylation is 1. The lowest BCUT2D eigenvalue weighted by atomic mass is 10.1. The fraction of sp³-hybridized carbons (Fsp3) is 0.333. The van der Waals surface area contributed by atoms with E-state index in [9.17, 15) is 4.79 Å². The highest BCUT2D eigenvalue weighted by Crippen LogP contribution is 2.31. The number of carbonyl (C=O) groups is 1. The molecule has 0 aliphatic rings. The van der Waals surface area contributed by atoms with Gasteiger partial charge >= 0.3 is 0 Å². The Bertz CT molecular complexity index is 936. The highest BCUT2D eigenvalue weighted by atomic mass is 79.9. The smallest absolute Gasteiger partial charge is 0.260 e. The van der Waals surface area contributed by atoms with Crippen LogP contribution < -0.4 is 4.90 Å². The summed E-state index contributed by atoms with van der Waals surface area (Å²) in [6.07, 6.45) is 0. The summed E-state index contributed by atoms with van der Waals surface area (Å²) < 4.78 is 2.09. The Morgan fingerprint density at radius 1 is 1.11 bits per heavy atom. The fourth-order valence-corrected chi connectivity index (χ4v) is 4.57. The molecular weight excluding hydrogens is 422 g/mol. The van der Waals surface area contributed by atoms with E-state index in [4.69, 9.17) is 4.98 Å². The summed E-state index contributed by atoms with van der Waals surface area (Å²) in [5, 5.41) is 0.753. The molecule has 6 heteroatoms. The number of anilines is 1. The van der Waals surface area contributed by atoms with Crippen LogP contribution in [0.15, 0.2) is 46.9 Å². The maximum Gasteiger partial charge on any atom is 0.260 e. The summed E-state index contributed by atoms with van der Waals surface area (Å²) in [6.45, 7) is 9.65. The Morgan fingerprint density at radius 2 is 1.85 bits per heavy atom. The Hall–Kier alpha value is -1.76. The molecule has 3 rings (SSSR count). The van der Waals surface area contributed by atoms with Gasteiger partial charge in [0, 0.05) is 23.1 Å². The van der Waals surface area contributed by atoms with Crippen molar-refractivity contribution in [1.82, 2.24) is 9.88 Å². The number of nitrogens with zero attached hydrogens (tertiary/aromatic N) is 3. The molecule has 1 heterocycles. The van der Waals surface area contributed by atoms with Crippen LogP contribution in [0.5, 0.6) is 0 Å². The zero-order valence-corrected chi connectivity index (χ0v) is 18.3. The van der Waals surface area contributed by atoms with Gasteiger partial charge in [0.1, 0.15) is 0 Å². The number of aromatic nitrogens is 1. The minimum Gasteiger partial charge on any atom is -0.302 e. The van der Waals surface area contributed by atoms with Gasteiger partial charge in [-0.25, -0.2) is 4.98 Å². The molecule has 4 nitrogen and oxygen atoms in total. The summed E-state index contributed by atoms with van der Waals surface area (Å²) >= 11 is 5.07. The van der Waals surface area contributed by atoms with Crippen molar-refractivity contribution in [3.63, 3.8) is 0 Å². The maximum absolute atomic E-state index is 13.4. The molecule has 1 aromatic heterocycles.